The molecule has 74 valence electrons. The molecule has 2 N–H and O–H groups in total. The Morgan fingerprint density at radius 1 is 1.77 bits per heavy atom. The van der Waals surface area contributed by atoms with E-state index < -0.39 is 5.97 Å². The molecule has 0 saturated carbocycles. The quantitative estimate of drug-likeness (QED) is 0.622. The standard InChI is InChI=1S/C9H15NO3/c1-7(4-9(11)12)5-10-8-2-3-13-6-8/h4,8,10H,2-3,5-6H2,1H3,(H,11,12). The van der Waals surface area contributed by atoms with Crippen LogP contribution in [0.3, 0.4) is 0 Å². The predicted molar refractivity (Wildman–Crippen MR) is 48.6 cm³/mol. The second-order valence-corrected chi connectivity index (χ2v) is 3.27. The minimum absolute atomic E-state index is 0.386. The zero-order valence-corrected chi connectivity index (χ0v) is 7.75. The second-order valence-electron chi connectivity index (χ2n) is 3.27. The Labute approximate surface area is 77.6 Å². The molecule has 0 amide bonds. The van der Waals surface area contributed by atoms with Crippen molar-refractivity contribution in [3.8, 4) is 0 Å². The molecule has 0 bridgehead atoms. The average Bonchev–Trinajstić information content (AvgIpc) is 2.51. The Hall–Kier alpha value is -0.870. The van der Waals surface area contributed by atoms with Crippen LogP contribution in [0.1, 0.15) is 13.3 Å². The predicted octanol–water partition coefficient (Wildman–Crippen LogP) is 0.396. The third-order valence-electron chi connectivity index (χ3n) is 1.97. The number of carbonyl (C=O) groups is 1. The molecule has 1 rings (SSSR count). The average molecular weight is 185 g/mol. The van der Waals surface area contributed by atoms with Gasteiger partial charge in [-0.05, 0) is 13.3 Å². The van der Waals surface area contributed by atoms with Crippen molar-refractivity contribution in [3.63, 3.8) is 0 Å². The van der Waals surface area contributed by atoms with Gasteiger partial charge in [-0.1, -0.05) is 5.57 Å². The minimum atomic E-state index is -0.887. The molecule has 0 spiro atoms. The van der Waals surface area contributed by atoms with E-state index in [1.54, 1.807) is 6.92 Å². The summed E-state index contributed by atoms with van der Waals surface area (Å²) in [6.07, 6.45) is 2.24. The van der Waals surface area contributed by atoms with Crippen molar-refractivity contribution in [2.75, 3.05) is 19.8 Å². The SMILES string of the molecule is CC(=CC(=O)O)CNC1CCOC1. The van der Waals surface area contributed by atoms with Crippen molar-refractivity contribution in [3.05, 3.63) is 11.6 Å². The summed E-state index contributed by atoms with van der Waals surface area (Å²) in [6, 6.07) is 0.386. The number of aliphatic carboxylic acids is 1. The van der Waals surface area contributed by atoms with Crippen LogP contribution in [0.15, 0.2) is 11.6 Å². The van der Waals surface area contributed by atoms with E-state index in [4.69, 9.17) is 9.84 Å². The zero-order chi connectivity index (χ0) is 9.68. The molecule has 1 atom stereocenters. The van der Waals surface area contributed by atoms with Crippen molar-refractivity contribution in [1.29, 1.82) is 0 Å². The Morgan fingerprint density at radius 2 is 2.54 bits per heavy atom. The molecule has 4 heteroatoms. The van der Waals surface area contributed by atoms with Crippen molar-refractivity contribution in [2.24, 2.45) is 0 Å². The van der Waals surface area contributed by atoms with Gasteiger partial charge in [0.1, 0.15) is 0 Å². The van der Waals surface area contributed by atoms with Gasteiger partial charge < -0.3 is 15.2 Å². The van der Waals surface area contributed by atoms with E-state index in [2.05, 4.69) is 5.32 Å². The molecule has 1 unspecified atom stereocenters. The zero-order valence-electron chi connectivity index (χ0n) is 7.75. The summed E-state index contributed by atoms with van der Waals surface area (Å²) in [5.74, 6) is -0.887. The van der Waals surface area contributed by atoms with Crippen LogP contribution in [0.2, 0.25) is 0 Å². The minimum Gasteiger partial charge on any atom is -0.478 e. The molecule has 1 saturated heterocycles. The van der Waals surface area contributed by atoms with Crippen molar-refractivity contribution < 1.29 is 14.6 Å². The third kappa shape index (κ3) is 4.05. The van der Waals surface area contributed by atoms with Gasteiger partial charge in [-0.15, -0.1) is 0 Å². The van der Waals surface area contributed by atoms with Crippen molar-refractivity contribution in [1.82, 2.24) is 5.32 Å². The van der Waals surface area contributed by atoms with Crippen LogP contribution in [-0.4, -0.2) is 36.9 Å². The van der Waals surface area contributed by atoms with E-state index in [9.17, 15) is 4.79 Å². The molecule has 13 heavy (non-hydrogen) atoms. The molecular weight excluding hydrogens is 170 g/mol. The smallest absolute Gasteiger partial charge is 0.328 e. The summed E-state index contributed by atoms with van der Waals surface area (Å²) in [5.41, 5.74) is 0.833. The van der Waals surface area contributed by atoms with E-state index in [0.29, 0.717) is 12.6 Å². The van der Waals surface area contributed by atoms with E-state index in [0.717, 1.165) is 25.2 Å². The largest absolute Gasteiger partial charge is 0.478 e. The first-order valence-electron chi connectivity index (χ1n) is 4.39. The van der Waals surface area contributed by atoms with Crippen LogP contribution in [0, 0.1) is 0 Å². The lowest BCUT2D eigenvalue weighted by Gasteiger charge is -2.09. The molecule has 1 fully saturated rings. The number of hydrogen-bond acceptors (Lipinski definition) is 3. The number of hydrogen-bond donors (Lipinski definition) is 2. The van der Waals surface area contributed by atoms with E-state index in [-0.39, 0.29) is 0 Å². The monoisotopic (exact) mass is 185 g/mol. The summed E-state index contributed by atoms with van der Waals surface area (Å²) >= 11 is 0. The van der Waals surface area contributed by atoms with Crippen molar-refractivity contribution in [2.45, 2.75) is 19.4 Å². The Morgan fingerprint density at radius 3 is 3.08 bits per heavy atom. The van der Waals surface area contributed by atoms with Crippen LogP contribution in [0.25, 0.3) is 0 Å². The molecule has 0 aromatic carbocycles. The normalized spacial score (nSPS) is 23.5. The maximum Gasteiger partial charge on any atom is 0.328 e. The molecule has 1 heterocycles. The molecule has 1 aliphatic rings. The summed E-state index contributed by atoms with van der Waals surface area (Å²) in [7, 11) is 0. The first kappa shape index (κ1) is 10.2. The van der Waals surface area contributed by atoms with Crippen LogP contribution in [-0.2, 0) is 9.53 Å². The number of ether oxygens (including phenoxy) is 1. The van der Waals surface area contributed by atoms with Crippen LogP contribution in [0.5, 0.6) is 0 Å². The number of rotatable bonds is 4. The second kappa shape index (κ2) is 4.99. The molecule has 0 radical (unpaired) electrons. The van der Waals surface area contributed by atoms with Gasteiger partial charge in [0.2, 0.25) is 0 Å². The van der Waals surface area contributed by atoms with Gasteiger partial charge in [0.15, 0.2) is 0 Å². The first-order chi connectivity index (χ1) is 6.18. The lowest BCUT2D eigenvalue weighted by molar-refractivity contribution is -0.131. The van der Waals surface area contributed by atoms with E-state index in [1.165, 1.54) is 6.08 Å². The fraction of sp³-hybridized carbons (Fsp3) is 0.667. The fourth-order valence-corrected chi connectivity index (χ4v) is 1.26. The van der Waals surface area contributed by atoms with Crippen LogP contribution in [0.4, 0.5) is 0 Å². The van der Waals surface area contributed by atoms with Gasteiger partial charge in [0, 0.05) is 25.3 Å². The number of carboxylic acids is 1. The molecule has 0 aromatic heterocycles. The van der Waals surface area contributed by atoms with Crippen molar-refractivity contribution >= 4 is 5.97 Å². The molecule has 0 aliphatic carbocycles. The lowest BCUT2D eigenvalue weighted by Crippen LogP contribution is -2.30. The topological polar surface area (TPSA) is 58.6 Å². The van der Waals surface area contributed by atoms with Crippen LogP contribution < -0.4 is 5.32 Å². The number of nitrogens with one attached hydrogen (secondary N) is 1. The summed E-state index contributed by atoms with van der Waals surface area (Å²) < 4.78 is 5.17. The van der Waals surface area contributed by atoms with Gasteiger partial charge >= 0.3 is 5.97 Å². The number of carboxylic acid groups (broad SMARTS) is 1. The van der Waals surface area contributed by atoms with Gasteiger partial charge in [-0.3, -0.25) is 0 Å². The van der Waals surface area contributed by atoms with Gasteiger partial charge in [0.25, 0.3) is 0 Å². The van der Waals surface area contributed by atoms with Crippen LogP contribution >= 0.6 is 0 Å². The summed E-state index contributed by atoms with van der Waals surface area (Å²) in [4.78, 5) is 10.3. The summed E-state index contributed by atoms with van der Waals surface area (Å²) in [6.45, 7) is 3.97. The first-order valence-corrected chi connectivity index (χ1v) is 4.39. The molecule has 1 aliphatic heterocycles. The highest BCUT2D eigenvalue weighted by Gasteiger charge is 2.14. The Bertz CT molecular complexity index is 207. The Balaban J connectivity index is 2.21. The lowest BCUT2D eigenvalue weighted by atomic mass is 10.2. The molecule has 0 aromatic rings. The fourth-order valence-electron chi connectivity index (χ4n) is 1.26. The van der Waals surface area contributed by atoms with E-state index in [1.807, 2.05) is 0 Å². The highest BCUT2D eigenvalue weighted by Crippen LogP contribution is 2.03. The third-order valence-corrected chi connectivity index (χ3v) is 1.97. The highest BCUT2D eigenvalue weighted by molar-refractivity contribution is 5.80. The van der Waals surface area contributed by atoms with E-state index >= 15 is 0 Å². The van der Waals surface area contributed by atoms with Gasteiger partial charge in [-0.25, -0.2) is 4.79 Å². The molecular formula is C9H15NO3. The highest BCUT2D eigenvalue weighted by atomic mass is 16.5. The van der Waals surface area contributed by atoms with Gasteiger partial charge in [0.05, 0.1) is 6.61 Å². The summed E-state index contributed by atoms with van der Waals surface area (Å²) in [5, 5.41) is 11.7. The maximum atomic E-state index is 10.3. The molecule has 4 nitrogen and oxygen atoms in total. The van der Waals surface area contributed by atoms with Gasteiger partial charge in [-0.2, -0.15) is 0 Å². The maximum absolute atomic E-state index is 10.3. The Kier molecular flexibility index (Phi) is 3.92.